The van der Waals surface area contributed by atoms with Crippen LogP contribution in [0.25, 0.3) is 0 Å². The van der Waals surface area contributed by atoms with Crippen LogP contribution in [0.3, 0.4) is 0 Å². The average molecular weight is 230 g/mol. The summed E-state index contributed by atoms with van der Waals surface area (Å²) in [5.74, 6) is 0. The predicted octanol–water partition coefficient (Wildman–Crippen LogP) is 0.587. The number of nitrogens with two attached hydrogens (primary N) is 1. The molecular weight excluding hydrogens is 204 g/mol. The second kappa shape index (κ2) is 8.01. The Hall–Kier alpha value is -0.160. The minimum Gasteiger partial charge on any atom is -0.394 e. The lowest BCUT2D eigenvalue weighted by molar-refractivity contribution is 0.0576. The lowest BCUT2D eigenvalue weighted by atomic mass is 9.91. The standard InChI is InChI=1S/C12H26N2O2/c1-2-14(7-9-16-10-8-15)12-5-3-11(13)4-6-12/h11-12,15H,2-10,13H2,1H3. The zero-order valence-electron chi connectivity index (χ0n) is 10.4. The fourth-order valence-electron chi connectivity index (χ4n) is 2.41. The summed E-state index contributed by atoms with van der Waals surface area (Å²) in [6.45, 7) is 5.52. The first-order valence-corrected chi connectivity index (χ1v) is 6.46. The van der Waals surface area contributed by atoms with E-state index in [2.05, 4.69) is 11.8 Å². The van der Waals surface area contributed by atoms with Crippen molar-refractivity contribution >= 4 is 0 Å². The van der Waals surface area contributed by atoms with Crippen molar-refractivity contribution in [3.63, 3.8) is 0 Å². The van der Waals surface area contributed by atoms with Gasteiger partial charge in [-0.2, -0.15) is 0 Å². The van der Waals surface area contributed by atoms with Gasteiger partial charge in [0.2, 0.25) is 0 Å². The van der Waals surface area contributed by atoms with Crippen molar-refractivity contribution < 1.29 is 9.84 Å². The molecule has 0 heterocycles. The van der Waals surface area contributed by atoms with E-state index in [0.29, 0.717) is 18.7 Å². The number of likely N-dealkylation sites (N-methyl/N-ethyl adjacent to an activating group) is 1. The molecule has 1 rings (SSSR count). The van der Waals surface area contributed by atoms with Gasteiger partial charge < -0.3 is 15.6 Å². The maximum absolute atomic E-state index is 8.61. The van der Waals surface area contributed by atoms with Gasteiger partial charge in [-0.1, -0.05) is 6.92 Å². The van der Waals surface area contributed by atoms with Gasteiger partial charge in [0.05, 0.1) is 19.8 Å². The fourth-order valence-corrected chi connectivity index (χ4v) is 2.41. The van der Waals surface area contributed by atoms with Gasteiger partial charge in [0.25, 0.3) is 0 Å². The van der Waals surface area contributed by atoms with E-state index in [0.717, 1.165) is 32.5 Å². The SMILES string of the molecule is CCN(CCOCCO)C1CCC(N)CC1. The maximum atomic E-state index is 8.61. The van der Waals surface area contributed by atoms with Crippen molar-refractivity contribution in [2.24, 2.45) is 5.73 Å². The summed E-state index contributed by atoms with van der Waals surface area (Å²) in [6.07, 6.45) is 4.74. The third-order valence-electron chi connectivity index (χ3n) is 3.42. The molecule has 1 saturated carbocycles. The normalized spacial score (nSPS) is 26.2. The topological polar surface area (TPSA) is 58.7 Å². The molecule has 0 unspecified atom stereocenters. The number of aliphatic hydroxyl groups excluding tert-OH is 1. The minimum absolute atomic E-state index is 0.115. The molecule has 3 N–H and O–H groups in total. The molecule has 0 bridgehead atoms. The van der Waals surface area contributed by atoms with Crippen LogP contribution >= 0.6 is 0 Å². The van der Waals surface area contributed by atoms with Gasteiger partial charge in [0.15, 0.2) is 0 Å². The lowest BCUT2D eigenvalue weighted by Crippen LogP contribution is -2.42. The van der Waals surface area contributed by atoms with Gasteiger partial charge in [-0.05, 0) is 32.2 Å². The molecule has 0 aromatic rings. The number of hydrogen-bond acceptors (Lipinski definition) is 4. The second-order valence-corrected chi connectivity index (χ2v) is 4.53. The smallest absolute Gasteiger partial charge is 0.0698 e. The van der Waals surface area contributed by atoms with E-state index < -0.39 is 0 Å². The summed E-state index contributed by atoms with van der Waals surface area (Å²) < 4.78 is 5.31. The van der Waals surface area contributed by atoms with Crippen LogP contribution in [-0.4, -0.2) is 55.0 Å². The highest BCUT2D eigenvalue weighted by atomic mass is 16.5. The van der Waals surface area contributed by atoms with E-state index in [1.54, 1.807) is 0 Å². The second-order valence-electron chi connectivity index (χ2n) is 4.53. The minimum atomic E-state index is 0.115. The Bertz CT molecular complexity index is 170. The van der Waals surface area contributed by atoms with Crippen LogP contribution in [0.1, 0.15) is 32.6 Å². The van der Waals surface area contributed by atoms with E-state index in [1.165, 1.54) is 12.8 Å². The Morgan fingerprint density at radius 1 is 1.25 bits per heavy atom. The van der Waals surface area contributed by atoms with Crippen molar-refractivity contribution in [2.45, 2.75) is 44.7 Å². The molecule has 4 nitrogen and oxygen atoms in total. The van der Waals surface area contributed by atoms with Crippen molar-refractivity contribution in [1.29, 1.82) is 0 Å². The molecule has 0 amide bonds. The van der Waals surface area contributed by atoms with Gasteiger partial charge in [0.1, 0.15) is 0 Å². The summed E-state index contributed by atoms with van der Waals surface area (Å²) in [5, 5.41) is 8.61. The maximum Gasteiger partial charge on any atom is 0.0698 e. The van der Waals surface area contributed by atoms with Gasteiger partial charge >= 0.3 is 0 Å². The average Bonchev–Trinajstić information content (AvgIpc) is 2.31. The molecule has 4 heteroatoms. The molecule has 16 heavy (non-hydrogen) atoms. The van der Waals surface area contributed by atoms with E-state index in [1.807, 2.05) is 0 Å². The molecular formula is C12H26N2O2. The molecule has 0 aromatic carbocycles. The summed E-state index contributed by atoms with van der Waals surface area (Å²) in [6, 6.07) is 1.10. The molecule has 0 saturated heterocycles. The number of aliphatic hydroxyl groups is 1. The van der Waals surface area contributed by atoms with E-state index in [-0.39, 0.29) is 6.61 Å². The number of rotatable bonds is 7. The third kappa shape index (κ3) is 4.78. The third-order valence-corrected chi connectivity index (χ3v) is 3.42. The predicted molar refractivity (Wildman–Crippen MR) is 65.4 cm³/mol. The van der Waals surface area contributed by atoms with Crippen LogP contribution in [0.2, 0.25) is 0 Å². The van der Waals surface area contributed by atoms with E-state index >= 15 is 0 Å². The molecule has 0 spiro atoms. The monoisotopic (exact) mass is 230 g/mol. The number of nitrogens with zero attached hydrogens (tertiary/aromatic N) is 1. The highest BCUT2D eigenvalue weighted by molar-refractivity contribution is 4.80. The number of hydrogen-bond donors (Lipinski definition) is 2. The molecule has 1 fully saturated rings. The van der Waals surface area contributed by atoms with Crippen molar-refractivity contribution in [2.75, 3.05) is 32.9 Å². The Kier molecular flexibility index (Phi) is 6.96. The quantitative estimate of drug-likeness (QED) is 0.628. The van der Waals surface area contributed by atoms with Crippen LogP contribution in [0.5, 0.6) is 0 Å². The highest BCUT2D eigenvalue weighted by Crippen LogP contribution is 2.21. The zero-order valence-corrected chi connectivity index (χ0v) is 10.4. The molecule has 1 aliphatic carbocycles. The first-order chi connectivity index (χ1) is 7.77. The summed E-state index contributed by atoms with van der Waals surface area (Å²) in [4.78, 5) is 2.48. The number of ether oxygens (including phenoxy) is 1. The summed E-state index contributed by atoms with van der Waals surface area (Å²) >= 11 is 0. The van der Waals surface area contributed by atoms with Crippen molar-refractivity contribution in [3.8, 4) is 0 Å². The fraction of sp³-hybridized carbons (Fsp3) is 1.00. The molecule has 0 atom stereocenters. The Balaban J connectivity index is 2.19. The van der Waals surface area contributed by atoms with Gasteiger partial charge in [-0.3, -0.25) is 4.90 Å². The largest absolute Gasteiger partial charge is 0.394 e. The molecule has 96 valence electrons. The van der Waals surface area contributed by atoms with Crippen LogP contribution in [0.4, 0.5) is 0 Å². The van der Waals surface area contributed by atoms with E-state index in [9.17, 15) is 0 Å². The van der Waals surface area contributed by atoms with Crippen LogP contribution < -0.4 is 5.73 Å². The van der Waals surface area contributed by atoms with Crippen LogP contribution in [-0.2, 0) is 4.74 Å². The lowest BCUT2D eigenvalue weighted by Gasteiger charge is -2.35. The van der Waals surface area contributed by atoms with Gasteiger partial charge in [-0.25, -0.2) is 0 Å². The Labute approximate surface area is 98.8 Å². The first kappa shape index (κ1) is 13.9. The molecule has 0 aromatic heterocycles. The Morgan fingerprint density at radius 3 is 2.50 bits per heavy atom. The Morgan fingerprint density at radius 2 is 1.94 bits per heavy atom. The highest BCUT2D eigenvalue weighted by Gasteiger charge is 2.22. The molecule has 0 radical (unpaired) electrons. The first-order valence-electron chi connectivity index (χ1n) is 6.46. The van der Waals surface area contributed by atoms with Crippen molar-refractivity contribution in [3.05, 3.63) is 0 Å². The molecule has 0 aliphatic heterocycles. The zero-order chi connectivity index (χ0) is 11.8. The van der Waals surface area contributed by atoms with Gasteiger partial charge in [-0.15, -0.1) is 0 Å². The van der Waals surface area contributed by atoms with Crippen LogP contribution in [0.15, 0.2) is 0 Å². The summed E-state index contributed by atoms with van der Waals surface area (Å²) in [7, 11) is 0. The van der Waals surface area contributed by atoms with Crippen molar-refractivity contribution in [1.82, 2.24) is 4.90 Å². The van der Waals surface area contributed by atoms with Gasteiger partial charge in [0, 0.05) is 18.6 Å². The summed E-state index contributed by atoms with van der Waals surface area (Å²) in [5.41, 5.74) is 5.91. The van der Waals surface area contributed by atoms with E-state index in [4.69, 9.17) is 15.6 Å². The molecule has 1 aliphatic rings. The van der Waals surface area contributed by atoms with Crippen LogP contribution in [0, 0.1) is 0 Å².